The van der Waals surface area contributed by atoms with E-state index in [1.807, 2.05) is 0 Å². The van der Waals surface area contributed by atoms with Gasteiger partial charge in [0.1, 0.15) is 0 Å². The minimum absolute atomic E-state index is 0.0981. The average molecular weight is 228 g/mol. The van der Waals surface area contributed by atoms with Crippen LogP contribution in [-0.2, 0) is 9.59 Å². The monoisotopic (exact) mass is 228 g/mol. The van der Waals surface area contributed by atoms with Crippen LogP contribution in [0.3, 0.4) is 0 Å². The van der Waals surface area contributed by atoms with Crippen LogP contribution in [0.15, 0.2) is 0 Å². The van der Waals surface area contributed by atoms with Crippen molar-refractivity contribution in [2.45, 2.75) is 31.7 Å². The maximum Gasteiger partial charge on any atom is 0.304 e. The van der Waals surface area contributed by atoms with Gasteiger partial charge in [-0.3, -0.25) is 14.5 Å². The second-order valence-electron chi connectivity index (χ2n) is 4.47. The van der Waals surface area contributed by atoms with Gasteiger partial charge in [-0.05, 0) is 19.4 Å². The Labute approximate surface area is 96.0 Å². The quantitative estimate of drug-likeness (QED) is 0.740. The van der Waals surface area contributed by atoms with Crippen LogP contribution >= 0.6 is 0 Å². The summed E-state index contributed by atoms with van der Waals surface area (Å²) >= 11 is 0. The van der Waals surface area contributed by atoms with Crippen LogP contribution in [0.1, 0.15) is 25.7 Å². The van der Waals surface area contributed by atoms with Gasteiger partial charge in [-0.2, -0.15) is 0 Å². The molecule has 1 heterocycles. The molecule has 0 bridgehead atoms. The average Bonchev–Trinajstić information content (AvgIpc) is 2.60. The van der Waals surface area contributed by atoms with Crippen molar-refractivity contribution in [3.8, 4) is 0 Å². The van der Waals surface area contributed by atoms with Crippen molar-refractivity contribution in [2.75, 3.05) is 27.2 Å². The summed E-state index contributed by atoms with van der Waals surface area (Å²) in [6.07, 6.45) is 2.63. The van der Waals surface area contributed by atoms with E-state index < -0.39 is 5.97 Å². The number of nitrogens with zero attached hydrogens (tertiary/aromatic N) is 2. The molecule has 1 aliphatic rings. The van der Waals surface area contributed by atoms with E-state index >= 15 is 0 Å². The number of hydrogen-bond donors (Lipinski definition) is 1. The zero-order valence-corrected chi connectivity index (χ0v) is 9.98. The van der Waals surface area contributed by atoms with E-state index in [0.717, 1.165) is 19.4 Å². The van der Waals surface area contributed by atoms with E-state index in [9.17, 15) is 9.59 Å². The molecule has 0 aromatic rings. The number of rotatable bonds is 5. The molecule has 5 nitrogen and oxygen atoms in total. The number of carbonyl (C=O) groups excluding carboxylic acids is 1. The lowest BCUT2D eigenvalue weighted by atomic mass is 10.1. The normalized spacial score (nSPS) is 21.0. The highest BCUT2D eigenvalue weighted by molar-refractivity contribution is 5.75. The Hall–Kier alpha value is -1.10. The highest BCUT2D eigenvalue weighted by Crippen LogP contribution is 2.20. The molecule has 16 heavy (non-hydrogen) atoms. The SMILES string of the molecule is CN(C)C(=O)CCN1CCCC1CC(=O)O. The maximum atomic E-state index is 11.4. The standard InChI is InChI=1S/C11H20N2O3/c1-12(2)10(14)5-7-13-6-3-4-9(13)8-11(15)16/h9H,3-8H2,1-2H3,(H,15,16). The van der Waals surface area contributed by atoms with Crippen molar-refractivity contribution in [1.29, 1.82) is 0 Å². The highest BCUT2D eigenvalue weighted by atomic mass is 16.4. The number of carbonyl (C=O) groups is 2. The summed E-state index contributed by atoms with van der Waals surface area (Å²) in [6.45, 7) is 1.59. The third-order valence-electron chi connectivity index (χ3n) is 3.02. The van der Waals surface area contributed by atoms with Crippen LogP contribution in [0.5, 0.6) is 0 Å². The van der Waals surface area contributed by atoms with Crippen molar-refractivity contribution in [3.05, 3.63) is 0 Å². The van der Waals surface area contributed by atoms with Crippen molar-refractivity contribution >= 4 is 11.9 Å². The fourth-order valence-electron chi connectivity index (χ4n) is 2.09. The molecule has 92 valence electrons. The minimum atomic E-state index is -0.754. The first kappa shape index (κ1) is 13.0. The highest BCUT2D eigenvalue weighted by Gasteiger charge is 2.26. The summed E-state index contributed by atoms with van der Waals surface area (Å²) in [7, 11) is 3.47. The Balaban J connectivity index is 2.35. The molecule has 0 aromatic heterocycles. The topological polar surface area (TPSA) is 60.9 Å². The maximum absolute atomic E-state index is 11.4. The van der Waals surface area contributed by atoms with E-state index in [1.54, 1.807) is 19.0 Å². The molecule has 1 aliphatic heterocycles. The molecule has 1 fully saturated rings. The molecule has 1 amide bonds. The number of aliphatic carboxylic acids is 1. The number of carboxylic acids is 1. The lowest BCUT2D eigenvalue weighted by molar-refractivity contribution is -0.138. The largest absolute Gasteiger partial charge is 0.481 e. The molecule has 0 aliphatic carbocycles. The summed E-state index contributed by atoms with van der Waals surface area (Å²) in [5, 5.41) is 8.76. The van der Waals surface area contributed by atoms with Crippen LogP contribution in [-0.4, -0.2) is 60.0 Å². The van der Waals surface area contributed by atoms with Crippen molar-refractivity contribution < 1.29 is 14.7 Å². The van der Waals surface area contributed by atoms with Gasteiger partial charge in [-0.15, -0.1) is 0 Å². The van der Waals surface area contributed by atoms with Crippen LogP contribution in [0.2, 0.25) is 0 Å². The lowest BCUT2D eigenvalue weighted by Gasteiger charge is -2.23. The van der Waals surface area contributed by atoms with Gasteiger partial charge in [0.15, 0.2) is 0 Å². The first-order valence-corrected chi connectivity index (χ1v) is 5.66. The Bertz CT molecular complexity index is 266. The van der Waals surface area contributed by atoms with E-state index in [4.69, 9.17) is 5.11 Å². The van der Waals surface area contributed by atoms with Gasteiger partial charge in [-0.1, -0.05) is 0 Å². The molecule has 1 atom stereocenters. The summed E-state index contributed by atoms with van der Waals surface area (Å²) in [5.41, 5.74) is 0. The van der Waals surface area contributed by atoms with Gasteiger partial charge < -0.3 is 10.0 Å². The molecule has 0 aromatic carbocycles. The molecule has 0 spiro atoms. The summed E-state index contributed by atoms with van der Waals surface area (Å²) in [5.74, 6) is -0.656. The van der Waals surface area contributed by atoms with E-state index in [1.165, 1.54) is 0 Å². The first-order valence-electron chi connectivity index (χ1n) is 5.66. The zero-order chi connectivity index (χ0) is 12.1. The number of amides is 1. The molecule has 0 saturated carbocycles. The second kappa shape index (κ2) is 5.84. The number of carboxylic acid groups (broad SMARTS) is 1. The molecule has 1 N–H and O–H groups in total. The van der Waals surface area contributed by atoms with Gasteiger partial charge in [0, 0.05) is 33.1 Å². The first-order chi connectivity index (χ1) is 7.50. The van der Waals surface area contributed by atoms with Crippen LogP contribution < -0.4 is 0 Å². The Morgan fingerprint density at radius 1 is 1.44 bits per heavy atom. The molecule has 5 heteroatoms. The third-order valence-corrected chi connectivity index (χ3v) is 3.02. The van der Waals surface area contributed by atoms with E-state index in [2.05, 4.69) is 4.90 Å². The van der Waals surface area contributed by atoms with Crippen LogP contribution in [0.25, 0.3) is 0 Å². The van der Waals surface area contributed by atoms with Crippen molar-refractivity contribution in [3.63, 3.8) is 0 Å². The Morgan fingerprint density at radius 2 is 2.12 bits per heavy atom. The number of likely N-dealkylation sites (tertiary alicyclic amines) is 1. The lowest BCUT2D eigenvalue weighted by Crippen LogP contribution is -2.35. The van der Waals surface area contributed by atoms with E-state index in [0.29, 0.717) is 13.0 Å². The van der Waals surface area contributed by atoms with Crippen molar-refractivity contribution in [2.24, 2.45) is 0 Å². The predicted octanol–water partition coefficient (Wildman–Crippen LogP) is 0.404. The molecular formula is C11H20N2O3. The fourth-order valence-corrected chi connectivity index (χ4v) is 2.09. The molecule has 1 rings (SSSR count). The predicted molar refractivity (Wildman–Crippen MR) is 60.2 cm³/mol. The Morgan fingerprint density at radius 3 is 2.69 bits per heavy atom. The number of hydrogen-bond acceptors (Lipinski definition) is 3. The fraction of sp³-hybridized carbons (Fsp3) is 0.818. The van der Waals surface area contributed by atoms with E-state index in [-0.39, 0.29) is 18.4 Å². The second-order valence-corrected chi connectivity index (χ2v) is 4.47. The molecule has 1 unspecified atom stereocenters. The van der Waals surface area contributed by atoms with Crippen LogP contribution in [0, 0.1) is 0 Å². The summed E-state index contributed by atoms with van der Waals surface area (Å²) < 4.78 is 0. The summed E-state index contributed by atoms with van der Waals surface area (Å²) in [6, 6.07) is 0.118. The van der Waals surface area contributed by atoms with Gasteiger partial charge in [0.05, 0.1) is 6.42 Å². The molecular weight excluding hydrogens is 208 g/mol. The third kappa shape index (κ3) is 3.81. The van der Waals surface area contributed by atoms with Gasteiger partial charge in [-0.25, -0.2) is 0 Å². The zero-order valence-electron chi connectivity index (χ0n) is 9.98. The summed E-state index contributed by atoms with van der Waals surface area (Å²) in [4.78, 5) is 25.7. The van der Waals surface area contributed by atoms with Gasteiger partial charge in [0.2, 0.25) is 5.91 Å². The smallest absolute Gasteiger partial charge is 0.304 e. The molecule has 1 saturated heterocycles. The van der Waals surface area contributed by atoms with Crippen molar-refractivity contribution in [1.82, 2.24) is 9.80 Å². The van der Waals surface area contributed by atoms with Crippen LogP contribution in [0.4, 0.5) is 0 Å². The minimum Gasteiger partial charge on any atom is -0.481 e. The Kier molecular flexibility index (Phi) is 4.73. The molecule has 0 radical (unpaired) electrons. The van der Waals surface area contributed by atoms with Gasteiger partial charge >= 0.3 is 5.97 Å². The van der Waals surface area contributed by atoms with Gasteiger partial charge in [0.25, 0.3) is 0 Å².